The van der Waals surface area contributed by atoms with Crippen molar-refractivity contribution in [2.24, 2.45) is 0 Å². The lowest BCUT2D eigenvalue weighted by molar-refractivity contribution is -0.00330. The highest BCUT2D eigenvalue weighted by Crippen LogP contribution is 2.19. The minimum atomic E-state index is -0.583. The average molecular weight is 269 g/mol. The van der Waals surface area contributed by atoms with Crippen molar-refractivity contribution in [2.75, 3.05) is 24.7 Å². The van der Waals surface area contributed by atoms with E-state index in [1.807, 2.05) is 0 Å². The molecular weight excluding hydrogens is 250 g/mol. The van der Waals surface area contributed by atoms with E-state index in [2.05, 4.69) is 5.48 Å². The SMILES string of the molecule is CC(C)(C)OC(=O)NOCCSSCCO. The van der Waals surface area contributed by atoms with Crippen molar-refractivity contribution in [1.29, 1.82) is 0 Å². The zero-order valence-corrected chi connectivity index (χ0v) is 11.4. The van der Waals surface area contributed by atoms with Crippen molar-refractivity contribution >= 4 is 27.7 Å². The summed E-state index contributed by atoms with van der Waals surface area (Å²) >= 11 is 0. The van der Waals surface area contributed by atoms with Gasteiger partial charge in [-0.1, -0.05) is 21.6 Å². The molecular formula is C9H19NO4S2. The number of rotatable bonds is 7. The number of aliphatic hydroxyl groups excluding tert-OH is 1. The Morgan fingerprint density at radius 3 is 2.50 bits per heavy atom. The van der Waals surface area contributed by atoms with Crippen LogP contribution in [0.3, 0.4) is 0 Å². The molecule has 16 heavy (non-hydrogen) atoms. The standard InChI is InChI=1S/C9H19NO4S2/c1-9(2,3)14-8(12)10-13-5-7-16-15-6-4-11/h11H,4-7H2,1-3H3,(H,10,12). The number of amides is 1. The number of carbonyl (C=O) groups is 1. The molecule has 96 valence electrons. The number of aliphatic hydroxyl groups is 1. The number of nitrogens with one attached hydrogen (secondary N) is 1. The summed E-state index contributed by atoms with van der Waals surface area (Å²) in [5.74, 6) is 1.44. The summed E-state index contributed by atoms with van der Waals surface area (Å²) < 4.78 is 4.96. The number of hydroxylamine groups is 1. The molecule has 0 bridgehead atoms. The molecule has 7 heteroatoms. The predicted octanol–water partition coefficient (Wildman–Crippen LogP) is 1.82. The molecule has 5 nitrogen and oxygen atoms in total. The van der Waals surface area contributed by atoms with E-state index in [0.717, 1.165) is 5.75 Å². The highest BCUT2D eigenvalue weighted by atomic mass is 33.1. The molecule has 0 saturated carbocycles. The van der Waals surface area contributed by atoms with Crippen LogP contribution in [0.15, 0.2) is 0 Å². The third kappa shape index (κ3) is 12.0. The van der Waals surface area contributed by atoms with Gasteiger partial charge >= 0.3 is 6.09 Å². The molecule has 0 aromatic carbocycles. The van der Waals surface area contributed by atoms with Crippen LogP contribution in [-0.4, -0.2) is 41.5 Å². The van der Waals surface area contributed by atoms with E-state index in [0.29, 0.717) is 12.4 Å². The lowest BCUT2D eigenvalue weighted by Gasteiger charge is -2.19. The quantitative estimate of drug-likeness (QED) is 0.417. The van der Waals surface area contributed by atoms with Gasteiger partial charge < -0.3 is 9.84 Å². The van der Waals surface area contributed by atoms with Crippen LogP contribution in [0.2, 0.25) is 0 Å². The average Bonchev–Trinajstić information content (AvgIpc) is 2.13. The third-order valence-electron chi connectivity index (χ3n) is 1.08. The molecule has 0 fully saturated rings. The van der Waals surface area contributed by atoms with Gasteiger partial charge in [0.2, 0.25) is 0 Å². The van der Waals surface area contributed by atoms with Gasteiger partial charge in [0.05, 0.1) is 13.2 Å². The van der Waals surface area contributed by atoms with Crippen molar-refractivity contribution in [3.8, 4) is 0 Å². The molecule has 2 N–H and O–H groups in total. The Hall–Kier alpha value is -0.110. The number of hydrogen-bond acceptors (Lipinski definition) is 6. The predicted molar refractivity (Wildman–Crippen MR) is 67.3 cm³/mol. The Balaban J connectivity index is 3.28. The maximum absolute atomic E-state index is 11.1. The molecule has 0 atom stereocenters. The molecule has 0 aromatic rings. The minimum Gasteiger partial charge on any atom is -0.442 e. The second-order valence-corrected chi connectivity index (χ2v) is 6.52. The summed E-state index contributed by atoms with van der Waals surface area (Å²) in [5, 5.41) is 8.51. The Labute approximate surface area is 104 Å². The molecule has 0 radical (unpaired) electrons. The molecule has 0 spiro atoms. The summed E-state index contributed by atoms with van der Waals surface area (Å²) in [4.78, 5) is 16.0. The fourth-order valence-electron chi connectivity index (χ4n) is 0.640. The van der Waals surface area contributed by atoms with Gasteiger partial charge in [0, 0.05) is 11.5 Å². The van der Waals surface area contributed by atoms with E-state index >= 15 is 0 Å². The van der Waals surface area contributed by atoms with Gasteiger partial charge in [0.1, 0.15) is 5.60 Å². The van der Waals surface area contributed by atoms with Crippen molar-refractivity contribution in [2.45, 2.75) is 26.4 Å². The van der Waals surface area contributed by atoms with E-state index in [1.54, 1.807) is 42.4 Å². The molecule has 0 aliphatic rings. The summed E-state index contributed by atoms with van der Waals surface area (Å²) in [6, 6.07) is 0. The summed E-state index contributed by atoms with van der Waals surface area (Å²) in [6.07, 6.45) is -0.583. The smallest absolute Gasteiger partial charge is 0.431 e. The zero-order valence-electron chi connectivity index (χ0n) is 9.82. The summed E-state index contributed by atoms with van der Waals surface area (Å²) in [6.45, 7) is 5.94. The molecule has 0 rings (SSSR count). The topological polar surface area (TPSA) is 67.8 Å². The lowest BCUT2D eigenvalue weighted by Crippen LogP contribution is -2.32. The fraction of sp³-hybridized carbons (Fsp3) is 0.889. The number of hydrogen-bond donors (Lipinski definition) is 2. The molecule has 0 unspecified atom stereocenters. The summed E-state index contributed by atoms with van der Waals surface area (Å²) in [5.41, 5.74) is 1.68. The van der Waals surface area contributed by atoms with Crippen molar-refractivity contribution < 1.29 is 19.5 Å². The first kappa shape index (κ1) is 15.9. The first-order chi connectivity index (χ1) is 7.45. The highest BCUT2D eigenvalue weighted by molar-refractivity contribution is 8.76. The molecule has 0 aliphatic heterocycles. The fourth-order valence-corrected chi connectivity index (χ4v) is 2.24. The van der Waals surface area contributed by atoms with Gasteiger partial charge in [-0.3, -0.25) is 4.84 Å². The lowest BCUT2D eigenvalue weighted by atomic mass is 10.2. The molecule has 0 heterocycles. The van der Waals surface area contributed by atoms with Crippen LogP contribution in [0.1, 0.15) is 20.8 Å². The Bertz CT molecular complexity index is 196. The van der Waals surface area contributed by atoms with Gasteiger partial charge in [0.25, 0.3) is 0 Å². The van der Waals surface area contributed by atoms with Gasteiger partial charge in [-0.25, -0.2) is 4.79 Å². The van der Waals surface area contributed by atoms with Gasteiger partial charge in [-0.2, -0.15) is 5.48 Å². The zero-order chi connectivity index (χ0) is 12.4. The van der Waals surface area contributed by atoms with E-state index in [-0.39, 0.29) is 6.61 Å². The normalized spacial score (nSPS) is 11.2. The molecule has 1 amide bonds. The summed E-state index contributed by atoms with van der Waals surface area (Å²) in [7, 11) is 3.15. The van der Waals surface area contributed by atoms with Crippen LogP contribution in [0.4, 0.5) is 4.79 Å². The Kier molecular flexibility index (Phi) is 8.91. The maximum Gasteiger partial charge on any atom is 0.431 e. The molecule has 0 aromatic heterocycles. The van der Waals surface area contributed by atoms with Crippen LogP contribution < -0.4 is 5.48 Å². The van der Waals surface area contributed by atoms with Crippen LogP contribution >= 0.6 is 21.6 Å². The third-order valence-corrected chi connectivity index (χ3v) is 3.43. The highest BCUT2D eigenvalue weighted by Gasteiger charge is 2.15. The van der Waals surface area contributed by atoms with Crippen LogP contribution in [0, 0.1) is 0 Å². The van der Waals surface area contributed by atoms with Gasteiger partial charge in [-0.05, 0) is 20.8 Å². The number of carbonyl (C=O) groups excluding carboxylic acids is 1. The first-order valence-electron chi connectivity index (χ1n) is 4.92. The monoisotopic (exact) mass is 269 g/mol. The van der Waals surface area contributed by atoms with Crippen LogP contribution in [0.25, 0.3) is 0 Å². The second kappa shape index (κ2) is 8.98. The van der Waals surface area contributed by atoms with Gasteiger partial charge in [-0.15, -0.1) is 0 Å². The van der Waals surface area contributed by atoms with Crippen molar-refractivity contribution in [3.05, 3.63) is 0 Å². The minimum absolute atomic E-state index is 0.175. The Morgan fingerprint density at radius 2 is 1.94 bits per heavy atom. The molecule has 0 saturated heterocycles. The van der Waals surface area contributed by atoms with Crippen LogP contribution in [0.5, 0.6) is 0 Å². The maximum atomic E-state index is 11.1. The van der Waals surface area contributed by atoms with E-state index in [1.165, 1.54) is 0 Å². The Morgan fingerprint density at radius 1 is 1.31 bits per heavy atom. The van der Waals surface area contributed by atoms with Crippen LogP contribution in [-0.2, 0) is 9.57 Å². The van der Waals surface area contributed by atoms with E-state index < -0.39 is 11.7 Å². The van der Waals surface area contributed by atoms with Crippen molar-refractivity contribution in [1.82, 2.24) is 5.48 Å². The second-order valence-electron chi connectivity index (χ2n) is 3.82. The first-order valence-corrected chi connectivity index (χ1v) is 7.40. The largest absolute Gasteiger partial charge is 0.442 e. The van der Waals surface area contributed by atoms with Crippen molar-refractivity contribution in [3.63, 3.8) is 0 Å². The number of ether oxygens (including phenoxy) is 1. The van der Waals surface area contributed by atoms with E-state index in [9.17, 15) is 4.79 Å². The van der Waals surface area contributed by atoms with Gasteiger partial charge in [0.15, 0.2) is 0 Å². The molecule has 0 aliphatic carbocycles. The van der Waals surface area contributed by atoms with E-state index in [4.69, 9.17) is 14.7 Å².